The molecule has 2 aromatic carbocycles. The Kier molecular flexibility index (Phi) is 7.95. The van der Waals surface area contributed by atoms with Crippen molar-refractivity contribution in [2.45, 2.75) is 46.8 Å². The van der Waals surface area contributed by atoms with Crippen LogP contribution < -0.4 is 19.6 Å². The van der Waals surface area contributed by atoms with Crippen LogP contribution in [0.15, 0.2) is 80.1 Å². The lowest BCUT2D eigenvalue weighted by atomic mass is 9.96. The van der Waals surface area contributed by atoms with Crippen LogP contribution >= 0.6 is 11.3 Å². The Labute approximate surface area is 245 Å². The maximum absolute atomic E-state index is 13.9. The lowest BCUT2D eigenvalue weighted by molar-refractivity contribution is -0.385. The van der Waals surface area contributed by atoms with Crippen molar-refractivity contribution < 1.29 is 23.6 Å². The van der Waals surface area contributed by atoms with Crippen LogP contribution in [0.3, 0.4) is 0 Å². The molecule has 10 nitrogen and oxygen atoms in total. The largest absolute Gasteiger partial charge is 0.491 e. The maximum atomic E-state index is 13.9. The first-order valence-electron chi connectivity index (χ1n) is 13.4. The standard InChI is InChI=1S/C31H29N3O7S/c1-6-39-30(36)27-19(5)32-31-33(28(27)20-10-12-21(13-11-20)40-17(2)3)29(35)26(42-31)16-22-14-15-25(41-22)23-8-7-9-24(18(23)4)34(37)38/h7-17,28H,6H2,1-5H3/b26-16-/t28-/m1/s1. The molecule has 0 bridgehead atoms. The maximum Gasteiger partial charge on any atom is 0.338 e. The van der Waals surface area contributed by atoms with Crippen LogP contribution in [0.25, 0.3) is 17.4 Å². The van der Waals surface area contributed by atoms with Crippen LogP contribution in [0.5, 0.6) is 5.75 Å². The van der Waals surface area contributed by atoms with E-state index in [2.05, 4.69) is 4.99 Å². The molecule has 1 aliphatic heterocycles. The minimum absolute atomic E-state index is 0.00432. The quantitative estimate of drug-likeness (QED) is 0.160. The Morgan fingerprint density at radius 3 is 2.57 bits per heavy atom. The third-order valence-corrected chi connectivity index (χ3v) is 7.74. The van der Waals surface area contributed by atoms with Gasteiger partial charge in [-0.25, -0.2) is 9.79 Å². The van der Waals surface area contributed by atoms with Gasteiger partial charge in [0, 0.05) is 23.3 Å². The lowest BCUT2D eigenvalue weighted by Crippen LogP contribution is -2.39. The fourth-order valence-electron chi connectivity index (χ4n) is 4.90. The van der Waals surface area contributed by atoms with Crippen LogP contribution in [0.2, 0.25) is 0 Å². The number of hydrogen-bond donors (Lipinski definition) is 0. The zero-order valence-corrected chi connectivity index (χ0v) is 24.6. The van der Waals surface area contributed by atoms with E-state index in [9.17, 15) is 19.7 Å². The molecule has 3 heterocycles. The number of fused-ring (bicyclic) bond motifs is 1. The van der Waals surface area contributed by atoms with Crippen molar-refractivity contribution in [3.8, 4) is 17.1 Å². The summed E-state index contributed by atoms with van der Waals surface area (Å²) in [5.41, 5.74) is 2.18. The average Bonchev–Trinajstić information content (AvgIpc) is 3.52. The number of nitro groups is 1. The van der Waals surface area contributed by atoms with Crippen molar-refractivity contribution >= 4 is 29.1 Å². The molecule has 1 aliphatic rings. The Morgan fingerprint density at radius 2 is 1.90 bits per heavy atom. The second-order valence-corrected chi connectivity index (χ2v) is 11.0. The second-order valence-electron chi connectivity index (χ2n) is 9.95. The summed E-state index contributed by atoms with van der Waals surface area (Å²) >= 11 is 1.18. The molecule has 1 atom stereocenters. The van der Waals surface area contributed by atoms with Crippen LogP contribution in [0.4, 0.5) is 5.69 Å². The normalized spacial score (nSPS) is 15.0. The van der Waals surface area contributed by atoms with Gasteiger partial charge in [0.25, 0.3) is 11.2 Å². The first-order valence-corrected chi connectivity index (χ1v) is 14.2. The zero-order chi connectivity index (χ0) is 30.1. The van der Waals surface area contributed by atoms with Gasteiger partial charge in [-0.05, 0) is 64.4 Å². The van der Waals surface area contributed by atoms with Crippen LogP contribution in [0.1, 0.15) is 50.6 Å². The summed E-state index contributed by atoms with van der Waals surface area (Å²) < 4.78 is 19.0. The molecule has 0 amide bonds. The molecule has 0 fully saturated rings. The summed E-state index contributed by atoms with van der Waals surface area (Å²) in [4.78, 5) is 43.0. The van der Waals surface area contributed by atoms with Gasteiger partial charge in [-0.15, -0.1) is 0 Å². The van der Waals surface area contributed by atoms with E-state index in [1.807, 2.05) is 38.1 Å². The van der Waals surface area contributed by atoms with E-state index < -0.39 is 16.9 Å². The van der Waals surface area contributed by atoms with E-state index in [1.54, 1.807) is 51.1 Å². The molecule has 0 saturated heterocycles. The summed E-state index contributed by atoms with van der Waals surface area (Å²) in [6.07, 6.45) is 1.61. The highest BCUT2D eigenvalue weighted by atomic mass is 32.1. The molecule has 0 N–H and O–H groups in total. The van der Waals surface area contributed by atoms with E-state index >= 15 is 0 Å². The molecule has 0 unspecified atom stereocenters. The third-order valence-electron chi connectivity index (χ3n) is 6.75. The van der Waals surface area contributed by atoms with Gasteiger partial charge in [-0.2, -0.15) is 0 Å². The molecule has 42 heavy (non-hydrogen) atoms. The van der Waals surface area contributed by atoms with E-state index in [1.165, 1.54) is 22.0 Å². The predicted octanol–water partition coefficient (Wildman–Crippen LogP) is 5.06. The number of carbonyl (C=O) groups excluding carboxylic acids is 1. The van der Waals surface area contributed by atoms with Gasteiger partial charge in [0.1, 0.15) is 17.3 Å². The van der Waals surface area contributed by atoms with Gasteiger partial charge in [0.15, 0.2) is 4.80 Å². The number of hydrogen-bond acceptors (Lipinski definition) is 9. The Bertz CT molecular complexity index is 1900. The zero-order valence-electron chi connectivity index (χ0n) is 23.7. The monoisotopic (exact) mass is 587 g/mol. The van der Waals surface area contributed by atoms with E-state index in [0.717, 1.165) is 0 Å². The number of esters is 1. The van der Waals surface area contributed by atoms with Crippen molar-refractivity contribution in [3.05, 3.63) is 113 Å². The summed E-state index contributed by atoms with van der Waals surface area (Å²) in [5, 5.41) is 11.4. The fraction of sp³-hybridized carbons (Fsp3) is 0.258. The van der Waals surface area contributed by atoms with Gasteiger partial charge >= 0.3 is 5.97 Å². The minimum Gasteiger partial charge on any atom is -0.491 e. The van der Waals surface area contributed by atoms with Gasteiger partial charge in [-0.3, -0.25) is 19.5 Å². The van der Waals surface area contributed by atoms with Crippen LogP contribution in [-0.2, 0) is 9.53 Å². The number of nitro benzene ring substituents is 1. The SMILES string of the molecule is CCOC(=O)C1=C(C)N=c2s/c(=C\c3ccc(-c4cccc([N+](=O)[O-])c4C)o3)c(=O)n2[C@@H]1c1ccc(OC(C)C)cc1. The van der Waals surface area contributed by atoms with Gasteiger partial charge in [-0.1, -0.05) is 35.6 Å². The minimum atomic E-state index is -0.754. The van der Waals surface area contributed by atoms with Gasteiger partial charge in [0.2, 0.25) is 0 Å². The fourth-order valence-corrected chi connectivity index (χ4v) is 5.93. The molecule has 0 spiro atoms. The average molecular weight is 588 g/mol. The first kappa shape index (κ1) is 28.7. The number of rotatable bonds is 8. The summed E-state index contributed by atoms with van der Waals surface area (Å²) in [7, 11) is 0. The van der Waals surface area contributed by atoms with Crippen molar-refractivity contribution in [2.75, 3.05) is 6.61 Å². The molecule has 216 valence electrons. The van der Waals surface area contributed by atoms with Crippen molar-refractivity contribution in [2.24, 2.45) is 4.99 Å². The van der Waals surface area contributed by atoms with Crippen LogP contribution in [0, 0.1) is 17.0 Å². The topological polar surface area (TPSA) is 126 Å². The van der Waals surface area contributed by atoms with Gasteiger partial charge in [0.05, 0.1) is 39.5 Å². The Balaban J connectivity index is 1.60. The van der Waals surface area contributed by atoms with E-state index in [4.69, 9.17) is 13.9 Å². The van der Waals surface area contributed by atoms with E-state index in [-0.39, 0.29) is 29.5 Å². The van der Waals surface area contributed by atoms with E-state index in [0.29, 0.717) is 49.0 Å². The first-order chi connectivity index (χ1) is 20.1. The highest BCUT2D eigenvalue weighted by molar-refractivity contribution is 7.07. The number of ether oxygens (including phenoxy) is 2. The number of furan rings is 1. The Morgan fingerprint density at radius 1 is 1.17 bits per heavy atom. The molecule has 4 aromatic rings. The molecular weight excluding hydrogens is 558 g/mol. The summed E-state index contributed by atoms with van der Waals surface area (Å²) in [6.45, 7) is 9.17. The number of thiazole rings is 1. The highest BCUT2D eigenvalue weighted by Gasteiger charge is 2.33. The second kappa shape index (κ2) is 11.6. The molecule has 5 rings (SSSR count). The number of aromatic nitrogens is 1. The number of carbonyl (C=O) groups is 1. The highest BCUT2D eigenvalue weighted by Crippen LogP contribution is 2.33. The Hall–Kier alpha value is -4.77. The van der Waals surface area contributed by atoms with Crippen molar-refractivity contribution in [3.63, 3.8) is 0 Å². The molecule has 0 radical (unpaired) electrons. The van der Waals surface area contributed by atoms with Crippen molar-refractivity contribution in [1.29, 1.82) is 0 Å². The molecule has 0 saturated carbocycles. The number of nitrogens with zero attached hydrogens (tertiary/aromatic N) is 3. The summed E-state index contributed by atoms with van der Waals surface area (Å²) in [6, 6.07) is 14.7. The van der Waals surface area contributed by atoms with Crippen molar-refractivity contribution in [1.82, 2.24) is 4.57 Å². The molecule has 2 aromatic heterocycles. The smallest absolute Gasteiger partial charge is 0.338 e. The predicted molar refractivity (Wildman–Crippen MR) is 158 cm³/mol. The summed E-state index contributed by atoms with van der Waals surface area (Å²) in [5.74, 6) is 0.974. The van der Waals surface area contributed by atoms with Gasteiger partial charge < -0.3 is 13.9 Å². The molecule has 0 aliphatic carbocycles. The number of allylic oxidation sites excluding steroid dienone is 1. The molecule has 11 heteroatoms. The molecular formula is C31H29N3O7S. The lowest BCUT2D eigenvalue weighted by Gasteiger charge is -2.25. The number of benzene rings is 2. The third kappa shape index (κ3) is 5.42. The van der Waals surface area contributed by atoms with Crippen LogP contribution in [-0.4, -0.2) is 28.2 Å².